The fourth-order valence-corrected chi connectivity index (χ4v) is 3.87. The van der Waals surface area contributed by atoms with Gasteiger partial charge >= 0.3 is 0 Å². The predicted molar refractivity (Wildman–Crippen MR) is 84.7 cm³/mol. The lowest BCUT2D eigenvalue weighted by atomic mass is 9.86. The average Bonchev–Trinajstić information content (AvgIpc) is 2.50. The zero-order valence-corrected chi connectivity index (χ0v) is 13.1. The second-order valence-electron chi connectivity index (χ2n) is 6.86. The minimum absolute atomic E-state index is 0.144. The first-order valence-electron chi connectivity index (χ1n) is 8.41. The van der Waals surface area contributed by atoms with E-state index in [1.165, 1.54) is 44.3 Å². The van der Waals surface area contributed by atoms with E-state index in [1.807, 2.05) is 12.1 Å². The van der Waals surface area contributed by atoms with Gasteiger partial charge in [0.2, 0.25) is 0 Å². The van der Waals surface area contributed by atoms with Crippen molar-refractivity contribution in [2.45, 2.75) is 45.2 Å². The van der Waals surface area contributed by atoms with Gasteiger partial charge in [-0.3, -0.25) is 9.80 Å². The number of nitrogens with zero attached hydrogens (tertiary/aromatic N) is 2. The largest absolute Gasteiger partial charge is 0.298 e. The van der Waals surface area contributed by atoms with Crippen molar-refractivity contribution in [3.63, 3.8) is 0 Å². The van der Waals surface area contributed by atoms with Gasteiger partial charge in [-0.25, -0.2) is 4.39 Å². The van der Waals surface area contributed by atoms with Gasteiger partial charge in [-0.1, -0.05) is 31.9 Å². The normalized spacial score (nSPS) is 28.7. The fourth-order valence-electron chi connectivity index (χ4n) is 3.87. The van der Waals surface area contributed by atoms with Crippen molar-refractivity contribution < 1.29 is 4.39 Å². The second kappa shape index (κ2) is 6.89. The number of hydrogen-bond donors (Lipinski definition) is 0. The molecule has 1 saturated carbocycles. The molecule has 0 N–H and O–H groups in total. The molecule has 1 aliphatic carbocycles. The van der Waals surface area contributed by atoms with E-state index in [4.69, 9.17) is 0 Å². The molecular weight excluding hydrogens is 263 g/mol. The quantitative estimate of drug-likeness (QED) is 0.840. The summed E-state index contributed by atoms with van der Waals surface area (Å²) in [4.78, 5) is 5.20. The van der Waals surface area contributed by atoms with Gasteiger partial charge in [-0.15, -0.1) is 0 Å². The molecule has 0 unspecified atom stereocenters. The lowest BCUT2D eigenvalue weighted by molar-refractivity contribution is 0.0659. The third-order valence-electron chi connectivity index (χ3n) is 5.15. The van der Waals surface area contributed by atoms with Crippen LogP contribution in [0.3, 0.4) is 0 Å². The molecule has 1 saturated heterocycles. The Morgan fingerprint density at radius 2 is 1.76 bits per heavy atom. The monoisotopic (exact) mass is 290 g/mol. The molecular formula is C18H27FN2. The molecule has 0 bridgehead atoms. The second-order valence-corrected chi connectivity index (χ2v) is 6.86. The third-order valence-corrected chi connectivity index (χ3v) is 5.15. The lowest BCUT2D eigenvalue weighted by Gasteiger charge is -2.42. The van der Waals surface area contributed by atoms with Crippen LogP contribution in [0.2, 0.25) is 0 Å². The van der Waals surface area contributed by atoms with Gasteiger partial charge in [0, 0.05) is 38.8 Å². The van der Waals surface area contributed by atoms with Gasteiger partial charge in [-0.05, 0) is 36.5 Å². The summed E-state index contributed by atoms with van der Waals surface area (Å²) in [7, 11) is 0. The summed E-state index contributed by atoms with van der Waals surface area (Å²) in [6, 6.07) is 7.76. The number of hydrogen-bond acceptors (Lipinski definition) is 2. The van der Waals surface area contributed by atoms with Crippen LogP contribution in [-0.4, -0.2) is 42.0 Å². The molecule has 1 heterocycles. The van der Waals surface area contributed by atoms with E-state index in [0.717, 1.165) is 31.6 Å². The van der Waals surface area contributed by atoms with E-state index in [0.29, 0.717) is 0 Å². The first kappa shape index (κ1) is 15.0. The van der Waals surface area contributed by atoms with E-state index in [9.17, 15) is 4.39 Å². The van der Waals surface area contributed by atoms with Crippen molar-refractivity contribution >= 4 is 0 Å². The van der Waals surface area contributed by atoms with Gasteiger partial charge in [0.25, 0.3) is 0 Å². The molecule has 3 rings (SSSR count). The summed E-state index contributed by atoms with van der Waals surface area (Å²) in [6.07, 6.45) is 5.60. The van der Waals surface area contributed by atoms with Gasteiger partial charge < -0.3 is 0 Å². The number of rotatable bonds is 3. The fraction of sp³-hybridized carbons (Fsp3) is 0.667. The Morgan fingerprint density at radius 3 is 2.43 bits per heavy atom. The van der Waals surface area contributed by atoms with Crippen molar-refractivity contribution in [3.8, 4) is 0 Å². The van der Waals surface area contributed by atoms with E-state index < -0.39 is 0 Å². The molecule has 2 atom stereocenters. The Labute approximate surface area is 127 Å². The molecule has 2 nitrogen and oxygen atoms in total. The van der Waals surface area contributed by atoms with E-state index in [-0.39, 0.29) is 5.82 Å². The lowest BCUT2D eigenvalue weighted by Crippen LogP contribution is -2.50. The van der Waals surface area contributed by atoms with Gasteiger partial charge in [0.15, 0.2) is 0 Å². The average molecular weight is 290 g/mol. The highest BCUT2D eigenvalue weighted by molar-refractivity contribution is 5.16. The third kappa shape index (κ3) is 4.04. The van der Waals surface area contributed by atoms with E-state index >= 15 is 0 Å². The van der Waals surface area contributed by atoms with Gasteiger partial charge in [0.1, 0.15) is 5.82 Å². The van der Waals surface area contributed by atoms with Crippen LogP contribution in [-0.2, 0) is 6.54 Å². The molecule has 0 radical (unpaired) electrons. The van der Waals surface area contributed by atoms with Crippen molar-refractivity contribution in [2.24, 2.45) is 5.92 Å². The summed E-state index contributed by atoms with van der Waals surface area (Å²) < 4.78 is 12.9. The van der Waals surface area contributed by atoms with Crippen LogP contribution in [0.25, 0.3) is 0 Å². The zero-order chi connectivity index (χ0) is 14.7. The van der Waals surface area contributed by atoms with Crippen LogP contribution in [0.1, 0.15) is 38.2 Å². The van der Waals surface area contributed by atoms with Crippen molar-refractivity contribution in [1.82, 2.24) is 9.80 Å². The number of halogens is 1. The minimum Gasteiger partial charge on any atom is -0.298 e. The van der Waals surface area contributed by atoms with Gasteiger partial charge in [-0.2, -0.15) is 0 Å². The Hall–Kier alpha value is -0.930. The van der Waals surface area contributed by atoms with Crippen molar-refractivity contribution in [1.29, 1.82) is 0 Å². The maximum absolute atomic E-state index is 12.9. The summed E-state index contributed by atoms with van der Waals surface area (Å²) in [6.45, 7) is 8.02. The molecule has 116 valence electrons. The highest BCUT2D eigenvalue weighted by Gasteiger charge is 2.27. The van der Waals surface area contributed by atoms with E-state index in [1.54, 1.807) is 12.1 Å². The Kier molecular flexibility index (Phi) is 4.91. The summed E-state index contributed by atoms with van der Waals surface area (Å²) in [5.74, 6) is 0.760. The van der Waals surface area contributed by atoms with Crippen molar-refractivity contribution in [2.75, 3.05) is 26.2 Å². The molecule has 1 aromatic rings. The molecule has 3 heteroatoms. The topological polar surface area (TPSA) is 6.48 Å². The molecule has 0 aromatic heterocycles. The minimum atomic E-state index is -0.144. The van der Waals surface area contributed by atoms with Crippen LogP contribution in [0.4, 0.5) is 4.39 Å². The highest BCUT2D eigenvalue weighted by atomic mass is 19.1. The molecule has 2 fully saturated rings. The molecule has 1 aliphatic heterocycles. The SMILES string of the molecule is C[C@@H]1CCC[C@@H](N2CCN(Cc3ccc(F)cc3)CC2)C1. The van der Waals surface area contributed by atoms with Crippen LogP contribution < -0.4 is 0 Å². The van der Waals surface area contributed by atoms with Crippen LogP contribution in [0, 0.1) is 11.7 Å². The molecule has 1 aromatic carbocycles. The first-order chi connectivity index (χ1) is 10.2. The Morgan fingerprint density at radius 1 is 1.05 bits per heavy atom. The highest BCUT2D eigenvalue weighted by Crippen LogP contribution is 2.28. The molecule has 0 spiro atoms. The maximum atomic E-state index is 12.9. The van der Waals surface area contributed by atoms with Crippen LogP contribution in [0.15, 0.2) is 24.3 Å². The van der Waals surface area contributed by atoms with Crippen molar-refractivity contribution in [3.05, 3.63) is 35.6 Å². The Bertz CT molecular complexity index is 437. The smallest absolute Gasteiger partial charge is 0.123 e. The Balaban J connectivity index is 1.47. The standard InChI is InChI=1S/C18H27FN2/c1-15-3-2-4-18(13-15)21-11-9-20(10-12-21)14-16-5-7-17(19)8-6-16/h5-8,15,18H,2-4,9-14H2,1H3/t15-,18-/m1/s1. The molecule has 21 heavy (non-hydrogen) atoms. The number of piperazine rings is 1. The molecule has 0 amide bonds. The summed E-state index contributed by atoms with van der Waals surface area (Å²) in [5.41, 5.74) is 1.22. The maximum Gasteiger partial charge on any atom is 0.123 e. The zero-order valence-electron chi connectivity index (χ0n) is 13.1. The first-order valence-corrected chi connectivity index (χ1v) is 8.41. The van der Waals surface area contributed by atoms with E-state index in [2.05, 4.69) is 16.7 Å². The molecule has 2 aliphatic rings. The summed E-state index contributed by atoms with van der Waals surface area (Å²) in [5, 5.41) is 0. The van der Waals surface area contributed by atoms with Crippen LogP contribution >= 0.6 is 0 Å². The van der Waals surface area contributed by atoms with Crippen LogP contribution in [0.5, 0.6) is 0 Å². The number of benzene rings is 1. The predicted octanol–water partition coefficient (Wildman–Crippen LogP) is 3.52. The van der Waals surface area contributed by atoms with Gasteiger partial charge in [0.05, 0.1) is 0 Å². The summed E-state index contributed by atoms with van der Waals surface area (Å²) >= 11 is 0.